The normalized spacial score (nSPS) is 25.5. The maximum Gasteiger partial charge on any atom is 0.278 e. The Labute approximate surface area is 137 Å². The summed E-state index contributed by atoms with van der Waals surface area (Å²) in [5.41, 5.74) is 4.53. The standard InChI is InChI=1S/C17H23N3OS/c1-4-19-13-9-7-6-8-12(13)10-11-14(19)15-16(21)20(5-2)17(22)18(15)3/h10-11H,4-9H2,1-3H3/b15-14-. The lowest BCUT2D eigenvalue weighted by atomic mass is 9.92. The van der Waals surface area contributed by atoms with Crippen LogP contribution < -0.4 is 0 Å². The number of allylic oxidation sites excluding steroid dienone is 4. The van der Waals surface area contributed by atoms with Gasteiger partial charge in [-0.3, -0.25) is 9.69 Å². The van der Waals surface area contributed by atoms with E-state index in [1.807, 2.05) is 18.9 Å². The highest BCUT2D eigenvalue weighted by molar-refractivity contribution is 7.80. The van der Waals surface area contributed by atoms with Crippen molar-refractivity contribution >= 4 is 23.2 Å². The van der Waals surface area contributed by atoms with Crippen molar-refractivity contribution in [2.45, 2.75) is 39.5 Å². The van der Waals surface area contributed by atoms with Gasteiger partial charge in [-0.25, -0.2) is 0 Å². The topological polar surface area (TPSA) is 26.8 Å². The van der Waals surface area contributed by atoms with Gasteiger partial charge >= 0.3 is 0 Å². The van der Waals surface area contributed by atoms with Crippen LogP contribution in [0.25, 0.3) is 0 Å². The average molecular weight is 317 g/mol. The predicted octanol–water partition coefficient (Wildman–Crippen LogP) is 3.00. The van der Waals surface area contributed by atoms with Crippen LogP contribution in [0.15, 0.2) is 34.8 Å². The van der Waals surface area contributed by atoms with E-state index in [-0.39, 0.29) is 5.91 Å². The Morgan fingerprint density at radius 1 is 1.09 bits per heavy atom. The summed E-state index contributed by atoms with van der Waals surface area (Å²) in [6.07, 6.45) is 9.04. The molecule has 0 unspecified atom stereocenters. The molecule has 1 saturated heterocycles. The van der Waals surface area contributed by atoms with E-state index in [1.54, 1.807) is 4.90 Å². The van der Waals surface area contributed by atoms with Gasteiger partial charge in [0.2, 0.25) is 0 Å². The monoisotopic (exact) mass is 317 g/mol. The van der Waals surface area contributed by atoms with E-state index in [0.29, 0.717) is 17.4 Å². The molecule has 1 fully saturated rings. The van der Waals surface area contributed by atoms with Crippen molar-refractivity contribution in [1.82, 2.24) is 14.7 Å². The number of carbonyl (C=O) groups is 1. The van der Waals surface area contributed by atoms with Gasteiger partial charge in [-0.1, -0.05) is 6.08 Å². The van der Waals surface area contributed by atoms with Gasteiger partial charge in [0, 0.05) is 25.8 Å². The van der Waals surface area contributed by atoms with Gasteiger partial charge in [0.1, 0.15) is 5.70 Å². The number of carbonyl (C=O) groups excluding carboxylic acids is 1. The molecule has 0 saturated carbocycles. The highest BCUT2D eigenvalue weighted by Crippen LogP contribution is 2.37. The van der Waals surface area contributed by atoms with E-state index in [0.717, 1.165) is 25.1 Å². The molecular formula is C17H23N3OS. The lowest BCUT2D eigenvalue weighted by molar-refractivity contribution is -0.122. The number of nitrogens with zero attached hydrogens (tertiary/aromatic N) is 3. The Bertz CT molecular complexity index is 617. The second kappa shape index (κ2) is 5.88. The fourth-order valence-corrected chi connectivity index (χ4v) is 3.88. The molecule has 1 aliphatic carbocycles. The number of rotatable bonds is 2. The zero-order valence-corrected chi connectivity index (χ0v) is 14.4. The van der Waals surface area contributed by atoms with E-state index in [4.69, 9.17) is 12.2 Å². The van der Waals surface area contributed by atoms with Crippen molar-refractivity contribution in [3.05, 3.63) is 34.8 Å². The van der Waals surface area contributed by atoms with Gasteiger partial charge in [0.15, 0.2) is 5.11 Å². The van der Waals surface area contributed by atoms with E-state index >= 15 is 0 Å². The van der Waals surface area contributed by atoms with Crippen LogP contribution in [0.2, 0.25) is 0 Å². The third-order valence-electron chi connectivity index (χ3n) is 4.72. The van der Waals surface area contributed by atoms with Crippen LogP contribution in [-0.4, -0.2) is 45.9 Å². The first-order chi connectivity index (χ1) is 10.6. The SMILES string of the molecule is CCN1C(=O)/C(=C2\C=CC3=C(CCCC3)N2CC)N(C)C1=S. The molecule has 5 heteroatoms. The molecule has 118 valence electrons. The van der Waals surface area contributed by atoms with Gasteiger partial charge in [0.25, 0.3) is 5.91 Å². The second-order valence-electron chi connectivity index (χ2n) is 5.88. The molecule has 0 atom stereocenters. The van der Waals surface area contributed by atoms with Crippen LogP contribution in [-0.2, 0) is 4.79 Å². The van der Waals surface area contributed by atoms with Gasteiger partial charge in [0.05, 0.1) is 5.70 Å². The highest BCUT2D eigenvalue weighted by Gasteiger charge is 2.38. The molecule has 0 bridgehead atoms. The summed E-state index contributed by atoms with van der Waals surface area (Å²) in [4.78, 5) is 18.6. The lowest BCUT2D eigenvalue weighted by Crippen LogP contribution is -2.30. The fraction of sp³-hybridized carbons (Fsp3) is 0.529. The quantitative estimate of drug-likeness (QED) is 0.578. The Morgan fingerprint density at radius 3 is 2.41 bits per heavy atom. The number of amides is 1. The average Bonchev–Trinajstić information content (AvgIpc) is 2.75. The first-order valence-electron chi connectivity index (χ1n) is 8.11. The first-order valence-corrected chi connectivity index (χ1v) is 8.52. The molecular weight excluding hydrogens is 294 g/mol. The molecule has 1 amide bonds. The van der Waals surface area contributed by atoms with Crippen LogP contribution >= 0.6 is 12.2 Å². The summed E-state index contributed by atoms with van der Waals surface area (Å²) in [7, 11) is 1.89. The molecule has 0 aromatic carbocycles. The van der Waals surface area contributed by atoms with Gasteiger partial charge in [-0.05, 0) is 63.4 Å². The minimum atomic E-state index is 0.0213. The van der Waals surface area contributed by atoms with E-state index in [2.05, 4.69) is 24.0 Å². The predicted molar refractivity (Wildman–Crippen MR) is 91.8 cm³/mol. The fourth-order valence-electron chi connectivity index (χ4n) is 3.58. The maximum atomic E-state index is 12.7. The molecule has 22 heavy (non-hydrogen) atoms. The van der Waals surface area contributed by atoms with Crippen molar-refractivity contribution in [2.75, 3.05) is 20.1 Å². The third kappa shape index (κ3) is 2.19. The Morgan fingerprint density at radius 2 is 1.77 bits per heavy atom. The van der Waals surface area contributed by atoms with Gasteiger partial charge < -0.3 is 9.80 Å². The van der Waals surface area contributed by atoms with Crippen LogP contribution in [0.5, 0.6) is 0 Å². The second-order valence-corrected chi connectivity index (χ2v) is 6.25. The third-order valence-corrected chi connectivity index (χ3v) is 5.21. The zero-order chi connectivity index (χ0) is 15.9. The van der Waals surface area contributed by atoms with Crippen molar-refractivity contribution in [1.29, 1.82) is 0 Å². The van der Waals surface area contributed by atoms with Crippen molar-refractivity contribution in [3.8, 4) is 0 Å². The van der Waals surface area contributed by atoms with Crippen LogP contribution in [0, 0.1) is 0 Å². The van der Waals surface area contributed by atoms with Crippen LogP contribution in [0.1, 0.15) is 39.5 Å². The number of hydrogen-bond acceptors (Lipinski definition) is 3. The van der Waals surface area contributed by atoms with Crippen molar-refractivity contribution < 1.29 is 4.79 Å². The van der Waals surface area contributed by atoms with Crippen molar-refractivity contribution in [3.63, 3.8) is 0 Å². The zero-order valence-electron chi connectivity index (χ0n) is 13.6. The molecule has 3 aliphatic rings. The molecule has 0 aromatic rings. The van der Waals surface area contributed by atoms with Gasteiger partial charge in [-0.15, -0.1) is 0 Å². The van der Waals surface area contributed by atoms with E-state index in [9.17, 15) is 4.79 Å². The minimum Gasteiger partial charge on any atom is -0.343 e. The number of thiocarbonyl (C=S) groups is 1. The van der Waals surface area contributed by atoms with E-state index in [1.165, 1.54) is 24.1 Å². The van der Waals surface area contributed by atoms with Crippen molar-refractivity contribution in [2.24, 2.45) is 0 Å². The summed E-state index contributed by atoms with van der Waals surface area (Å²) in [6.45, 7) is 5.60. The smallest absolute Gasteiger partial charge is 0.278 e. The number of hydrogen-bond donors (Lipinski definition) is 0. The molecule has 4 nitrogen and oxygen atoms in total. The molecule has 2 aliphatic heterocycles. The first kappa shape index (κ1) is 15.3. The molecule has 0 aromatic heterocycles. The molecule has 2 heterocycles. The Balaban J connectivity index is 2.07. The summed E-state index contributed by atoms with van der Waals surface area (Å²) in [6, 6.07) is 0. The minimum absolute atomic E-state index is 0.0213. The van der Waals surface area contributed by atoms with Gasteiger partial charge in [-0.2, -0.15) is 0 Å². The summed E-state index contributed by atoms with van der Waals surface area (Å²) in [5.74, 6) is 0.0213. The van der Waals surface area contributed by atoms with E-state index < -0.39 is 0 Å². The van der Waals surface area contributed by atoms with Crippen LogP contribution in [0.3, 0.4) is 0 Å². The Hall–Kier alpha value is -1.62. The summed E-state index contributed by atoms with van der Waals surface area (Å²) < 4.78 is 0. The molecule has 0 N–H and O–H groups in total. The molecule has 0 spiro atoms. The summed E-state index contributed by atoms with van der Waals surface area (Å²) in [5, 5.41) is 0.600. The van der Waals surface area contributed by atoms with Crippen LogP contribution in [0.4, 0.5) is 0 Å². The maximum absolute atomic E-state index is 12.7. The lowest BCUT2D eigenvalue weighted by Gasteiger charge is -2.35. The number of likely N-dealkylation sites (N-methyl/N-ethyl adjacent to an activating group) is 3. The highest BCUT2D eigenvalue weighted by atomic mass is 32.1. The Kier molecular flexibility index (Phi) is 4.08. The summed E-state index contributed by atoms with van der Waals surface area (Å²) >= 11 is 5.42. The largest absolute Gasteiger partial charge is 0.343 e. The molecule has 0 radical (unpaired) electrons. The molecule has 3 rings (SSSR count).